The molecule has 9 heteroatoms. The molecule has 0 bridgehead atoms. The maximum absolute atomic E-state index is 12.0. The fourth-order valence-electron chi connectivity index (χ4n) is 2.31. The first kappa shape index (κ1) is 18.8. The molecule has 0 aliphatic rings. The topological polar surface area (TPSA) is 121 Å². The van der Waals surface area contributed by atoms with E-state index in [1.807, 2.05) is 0 Å². The number of amides is 1. The van der Waals surface area contributed by atoms with Gasteiger partial charge in [0.1, 0.15) is 5.69 Å². The number of Topliss-reactive ketones (excluding diaryl/α,β-unsaturated/α-hetero) is 1. The van der Waals surface area contributed by atoms with E-state index in [1.54, 1.807) is 7.05 Å². The summed E-state index contributed by atoms with van der Waals surface area (Å²) in [5.74, 6) is -1.59. The van der Waals surface area contributed by atoms with Gasteiger partial charge in [-0.1, -0.05) is 6.07 Å². The van der Waals surface area contributed by atoms with Crippen LogP contribution < -0.4 is 5.32 Å². The molecule has 2 rings (SSSR count). The van der Waals surface area contributed by atoms with Crippen LogP contribution in [0.2, 0.25) is 0 Å². The lowest BCUT2D eigenvalue weighted by molar-refractivity contribution is -0.385. The minimum atomic E-state index is -0.758. The summed E-state index contributed by atoms with van der Waals surface area (Å²) < 4.78 is 6.37. The van der Waals surface area contributed by atoms with Crippen molar-refractivity contribution in [3.05, 3.63) is 57.4 Å². The highest BCUT2D eigenvalue weighted by Crippen LogP contribution is 2.24. The second-order valence-corrected chi connectivity index (χ2v) is 5.61. The van der Waals surface area contributed by atoms with Crippen LogP contribution >= 0.6 is 0 Å². The van der Waals surface area contributed by atoms with Gasteiger partial charge in [0.25, 0.3) is 11.6 Å². The lowest BCUT2D eigenvalue weighted by Gasteiger charge is -2.09. The Morgan fingerprint density at radius 2 is 2.00 bits per heavy atom. The Morgan fingerprint density at radius 3 is 2.58 bits per heavy atom. The van der Waals surface area contributed by atoms with Crippen molar-refractivity contribution in [2.24, 2.45) is 7.05 Å². The van der Waals surface area contributed by atoms with Crippen molar-refractivity contribution < 1.29 is 24.0 Å². The lowest BCUT2D eigenvalue weighted by atomic mass is 10.1. The molecule has 1 amide bonds. The molecule has 136 valence electrons. The zero-order valence-electron chi connectivity index (χ0n) is 14.4. The number of nitrogens with zero attached hydrogens (tertiary/aromatic N) is 2. The van der Waals surface area contributed by atoms with Gasteiger partial charge >= 0.3 is 5.97 Å². The molecular weight excluding hydrogens is 342 g/mol. The standard InChI is InChI=1S/C17H17N3O6/c1-10-13(5-4-6-14(10)20(24)25)18-16(22)9-26-17(23)15-7-12(11(2)21)8-19(15)3/h4-8H,9H2,1-3H3,(H,18,22). The largest absolute Gasteiger partial charge is 0.451 e. The van der Waals surface area contributed by atoms with Gasteiger partial charge < -0.3 is 14.6 Å². The third kappa shape index (κ3) is 4.12. The highest BCUT2D eigenvalue weighted by atomic mass is 16.6. The summed E-state index contributed by atoms with van der Waals surface area (Å²) in [6, 6.07) is 5.67. The Morgan fingerprint density at radius 1 is 1.31 bits per heavy atom. The summed E-state index contributed by atoms with van der Waals surface area (Å²) in [4.78, 5) is 45.7. The summed E-state index contributed by atoms with van der Waals surface area (Å²) in [7, 11) is 1.58. The van der Waals surface area contributed by atoms with E-state index in [1.165, 1.54) is 48.9 Å². The second-order valence-electron chi connectivity index (χ2n) is 5.61. The number of carbonyl (C=O) groups excluding carboxylic acids is 3. The normalized spacial score (nSPS) is 10.3. The number of hydrogen-bond acceptors (Lipinski definition) is 6. The van der Waals surface area contributed by atoms with Crippen molar-refractivity contribution in [3.8, 4) is 0 Å². The number of ketones is 1. The van der Waals surface area contributed by atoms with Crippen LogP contribution in [0.1, 0.15) is 33.3 Å². The molecule has 9 nitrogen and oxygen atoms in total. The second kappa shape index (κ2) is 7.60. The number of aromatic nitrogens is 1. The van der Waals surface area contributed by atoms with E-state index >= 15 is 0 Å². The van der Waals surface area contributed by atoms with Crippen molar-refractivity contribution >= 4 is 29.0 Å². The quantitative estimate of drug-likeness (QED) is 0.365. The van der Waals surface area contributed by atoms with Gasteiger partial charge in [0.05, 0.1) is 16.2 Å². The lowest BCUT2D eigenvalue weighted by Crippen LogP contribution is -2.22. The van der Waals surface area contributed by atoms with Crippen molar-refractivity contribution in [1.29, 1.82) is 0 Å². The molecule has 0 atom stereocenters. The number of nitrogens with one attached hydrogen (secondary N) is 1. The Labute approximate surface area is 148 Å². The number of carbonyl (C=O) groups is 3. The van der Waals surface area contributed by atoms with Crippen LogP contribution in [0.5, 0.6) is 0 Å². The number of hydrogen-bond donors (Lipinski definition) is 1. The van der Waals surface area contributed by atoms with E-state index < -0.39 is 23.4 Å². The van der Waals surface area contributed by atoms with Gasteiger partial charge in [0.15, 0.2) is 12.4 Å². The molecule has 0 spiro atoms. The summed E-state index contributed by atoms with van der Waals surface area (Å²) in [5.41, 5.74) is 0.926. The van der Waals surface area contributed by atoms with Crippen LogP contribution in [-0.4, -0.2) is 33.8 Å². The summed E-state index contributed by atoms with van der Waals surface area (Å²) in [6.45, 7) is 2.31. The van der Waals surface area contributed by atoms with Gasteiger partial charge in [0.2, 0.25) is 0 Å². The molecule has 1 aromatic heterocycles. The summed E-state index contributed by atoms with van der Waals surface area (Å²) >= 11 is 0. The monoisotopic (exact) mass is 359 g/mol. The molecule has 0 saturated heterocycles. The number of benzene rings is 1. The van der Waals surface area contributed by atoms with Gasteiger partial charge in [-0.2, -0.15) is 0 Å². The smallest absolute Gasteiger partial charge is 0.355 e. The Kier molecular flexibility index (Phi) is 5.51. The Bertz CT molecular complexity index is 900. The summed E-state index contributed by atoms with van der Waals surface area (Å²) in [6.07, 6.45) is 1.49. The van der Waals surface area contributed by atoms with E-state index in [2.05, 4.69) is 5.32 Å². The average Bonchev–Trinajstić information content (AvgIpc) is 2.96. The number of aryl methyl sites for hydroxylation is 1. The van der Waals surface area contributed by atoms with Crippen molar-refractivity contribution in [1.82, 2.24) is 4.57 Å². The van der Waals surface area contributed by atoms with E-state index in [4.69, 9.17) is 4.74 Å². The molecule has 0 aliphatic heterocycles. The third-order valence-electron chi connectivity index (χ3n) is 3.73. The fourth-order valence-corrected chi connectivity index (χ4v) is 2.31. The van der Waals surface area contributed by atoms with Crippen LogP contribution in [0.4, 0.5) is 11.4 Å². The van der Waals surface area contributed by atoms with E-state index in [0.29, 0.717) is 11.1 Å². The summed E-state index contributed by atoms with van der Waals surface area (Å²) in [5, 5.41) is 13.4. The molecular formula is C17H17N3O6. The molecule has 0 radical (unpaired) electrons. The molecule has 0 unspecified atom stereocenters. The highest BCUT2D eigenvalue weighted by molar-refractivity contribution is 5.99. The van der Waals surface area contributed by atoms with Crippen LogP contribution in [-0.2, 0) is 16.6 Å². The highest BCUT2D eigenvalue weighted by Gasteiger charge is 2.18. The SMILES string of the molecule is CC(=O)c1cc(C(=O)OCC(=O)Nc2cccc([N+](=O)[O-])c2C)n(C)c1. The number of ether oxygens (including phenoxy) is 1. The van der Waals surface area contributed by atoms with Gasteiger partial charge in [-0.15, -0.1) is 0 Å². The first-order chi connectivity index (χ1) is 12.2. The average molecular weight is 359 g/mol. The molecule has 0 fully saturated rings. The number of rotatable bonds is 6. The molecule has 1 N–H and O–H groups in total. The van der Waals surface area contributed by atoms with Gasteiger partial charge in [-0.3, -0.25) is 19.7 Å². The van der Waals surface area contributed by atoms with Crippen LogP contribution in [0, 0.1) is 17.0 Å². The molecule has 26 heavy (non-hydrogen) atoms. The van der Waals surface area contributed by atoms with Gasteiger partial charge in [-0.25, -0.2) is 4.79 Å². The first-order valence-electron chi connectivity index (χ1n) is 7.59. The molecule has 2 aromatic rings. The number of esters is 1. The van der Waals surface area contributed by atoms with Crippen molar-refractivity contribution in [2.45, 2.75) is 13.8 Å². The Balaban J connectivity index is 2.01. The zero-order chi connectivity index (χ0) is 19.4. The third-order valence-corrected chi connectivity index (χ3v) is 3.73. The minimum Gasteiger partial charge on any atom is -0.451 e. The number of anilines is 1. The predicted octanol–water partition coefficient (Wildman–Crippen LogP) is 2.24. The maximum atomic E-state index is 12.0. The number of nitro benzene ring substituents is 1. The van der Waals surface area contributed by atoms with E-state index in [9.17, 15) is 24.5 Å². The molecule has 0 aliphatic carbocycles. The van der Waals surface area contributed by atoms with Crippen molar-refractivity contribution in [3.63, 3.8) is 0 Å². The van der Waals surface area contributed by atoms with Crippen LogP contribution in [0.3, 0.4) is 0 Å². The van der Waals surface area contributed by atoms with E-state index in [0.717, 1.165) is 0 Å². The molecule has 1 heterocycles. The number of nitro groups is 1. The minimum absolute atomic E-state index is 0.125. The zero-order valence-corrected chi connectivity index (χ0v) is 14.4. The van der Waals surface area contributed by atoms with Crippen LogP contribution in [0.15, 0.2) is 30.5 Å². The first-order valence-corrected chi connectivity index (χ1v) is 7.59. The van der Waals surface area contributed by atoms with E-state index in [-0.39, 0.29) is 22.9 Å². The van der Waals surface area contributed by atoms with Gasteiger partial charge in [-0.05, 0) is 26.0 Å². The molecule has 0 saturated carbocycles. The Hall–Kier alpha value is -3.49. The van der Waals surface area contributed by atoms with Crippen molar-refractivity contribution in [2.75, 3.05) is 11.9 Å². The maximum Gasteiger partial charge on any atom is 0.355 e. The fraction of sp³-hybridized carbons (Fsp3) is 0.235. The predicted molar refractivity (Wildman–Crippen MR) is 92.2 cm³/mol. The van der Waals surface area contributed by atoms with Crippen LogP contribution in [0.25, 0.3) is 0 Å². The molecule has 1 aromatic carbocycles. The van der Waals surface area contributed by atoms with Gasteiger partial charge in [0, 0.05) is 24.9 Å².